The zero-order valence-corrected chi connectivity index (χ0v) is 11.4. The van der Waals surface area contributed by atoms with Gasteiger partial charge in [0.05, 0.1) is 0 Å². The molecule has 0 aliphatic carbocycles. The van der Waals surface area contributed by atoms with Crippen molar-refractivity contribution in [2.24, 2.45) is 0 Å². The lowest BCUT2D eigenvalue weighted by Crippen LogP contribution is -2.03. The van der Waals surface area contributed by atoms with Gasteiger partial charge >= 0.3 is 0 Å². The largest absolute Gasteiger partial charge is 0.361 e. The first-order valence-electron chi connectivity index (χ1n) is 6.31. The third-order valence-corrected chi connectivity index (χ3v) is 3.32. The van der Waals surface area contributed by atoms with Gasteiger partial charge in [-0.05, 0) is 25.3 Å². The summed E-state index contributed by atoms with van der Waals surface area (Å²) in [6.07, 6.45) is 0. The monoisotopic (exact) mass is 241 g/mol. The quantitative estimate of drug-likeness (QED) is 0.810. The molecule has 2 nitrogen and oxygen atoms in total. The van der Waals surface area contributed by atoms with Crippen LogP contribution in [0.5, 0.6) is 0 Å². The van der Waals surface area contributed by atoms with Gasteiger partial charge in [0.1, 0.15) is 0 Å². The molecule has 0 bridgehead atoms. The predicted molar refractivity (Wildman–Crippen MR) is 74.2 cm³/mol. The van der Waals surface area contributed by atoms with E-state index in [1.165, 1.54) is 0 Å². The maximum atomic E-state index is 12.5. The fourth-order valence-corrected chi connectivity index (χ4v) is 2.43. The number of aryl methyl sites for hydroxylation is 1. The van der Waals surface area contributed by atoms with Gasteiger partial charge in [-0.15, -0.1) is 0 Å². The normalized spacial score (nSPS) is 10.9. The number of hydrogen-bond donors (Lipinski definition) is 1. The Balaban J connectivity index is 2.49. The van der Waals surface area contributed by atoms with Crippen LogP contribution in [0.1, 0.15) is 52.6 Å². The maximum Gasteiger partial charge on any atom is 0.195 e. The van der Waals surface area contributed by atoms with Gasteiger partial charge in [-0.3, -0.25) is 4.79 Å². The van der Waals surface area contributed by atoms with Crippen molar-refractivity contribution in [3.05, 3.63) is 58.4 Å². The van der Waals surface area contributed by atoms with Crippen LogP contribution in [0, 0.1) is 13.8 Å². The number of hydrogen-bond acceptors (Lipinski definition) is 1. The summed E-state index contributed by atoms with van der Waals surface area (Å²) in [5.74, 6) is 0.509. The number of aromatic nitrogens is 1. The van der Waals surface area contributed by atoms with Crippen LogP contribution in [0.25, 0.3) is 0 Å². The second kappa shape index (κ2) is 4.81. The number of aromatic amines is 1. The van der Waals surface area contributed by atoms with Crippen LogP contribution < -0.4 is 0 Å². The highest BCUT2D eigenvalue weighted by Gasteiger charge is 2.20. The van der Waals surface area contributed by atoms with Crippen LogP contribution in [0.3, 0.4) is 0 Å². The van der Waals surface area contributed by atoms with Crippen molar-refractivity contribution >= 4 is 5.78 Å². The summed E-state index contributed by atoms with van der Waals surface area (Å²) in [4.78, 5) is 15.8. The topological polar surface area (TPSA) is 32.9 Å². The molecular formula is C16H19NO. The number of benzene rings is 1. The molecule has 0 fully saturated rings. The summed E-state index contributed by atoms with van der Waals surface area (Å²) in [5, 5.41) is 0. The molecule has 0 spiro atoms. The van der Waals surface area contributed by atoms with E-state index in [0.29, 0.717) is 5.92 Å². The summed E-state index contributed by atoms with van der Waals surface area (Å²) in [6, 6.07) is 9.45. The summed E-state index contributed by atoms with van der Waals surface area (Å²) in [7, 11) is 0. The van der Waals surface area contributed by atoms with Gasteiger partial charge in [0.25, 0.3) is 0 Å². The minimum absolute atomic E-state index is 0.105. The van der Waals surface area contributed by atoms with Gasteiger partial charge in [0, 0.05) is 22.5 Å². The van der Waals surface area contributed by atoms with Gasteiger partial charge < -0.3 is 4.98 Å². The van der Waals surface area contributed by atoms with E-state index in [2.05, 4.69) is 18.8 Å². The molecular weight excluding hydrogens is 222 g/mol. The van der Waals surface area contributed by atoms with Gasteiger partial charge in [0.15, 0.2) is 5.78 Å². The minimum Gasteiger partial charge on any atom is -0.361 e. The highest BCUT2D eigenvalue weighted by Crippen LogP contribution is 2.26. The Labute approximate surface area is 108 Å². The van der Waals surface area contributed by atoms with Crippen molar-refractivity contribution in [2.45, 2.75) is 33.6 Å². The molecule has 1 N–H and O–H groups in total. The summed E-state index contributed by atoms with van der Waals surface area (Å²) in [6.45, 7) is 8.26. The van der Waals surface area contributed by atoms with E-state index in [9.17, 15) is 4.79 Å². The molecule has 0 amide bonds. The van der Waals surface area contributed by atoms with Gasteiger partial charge in [-0.1, -0.05) is 44.2 Å². The molecule has 0 saturated carbocycles. The van der Waals surface area contributed by atoms with Gasteiger partial charge in [-0.25, -0.2) is 0 Å². The molecule has 18 heavy (non-hydrogen) atoms. The van der Waals surface area contributed by atoms with Gasteiger partial charge in [-0.2, -0.15) is 0 Å². The molecule has 1 aromatic carbocycles. The number of rotatable bonds is 3. The molecule has 0 atom stereocenters. The number of nitrogens with one attached hydrogen (secondary N) is 1. The van der Waals surface area contributed by atoms with E-state index >= 15 is 0 Å². The second-order valence-electron chi connectivity index (χ2n) is 5.01. The van der Waals surface area contributed by atoms with Crippen molar-refractivity contribution in [1.29, 1.82) is 0 Å². The Bertz CT molecular complexity index is 564. The Kier molecular flexibility index (Phi) is 3.37. The van der Waals surface area contributed by atoms with Crippen LogP contribution in [0.15, 0.2) is 30.3 Å². The van der Waals surface area contributed by atoms with E-state index in [4.69, 9.17) is 0 Å². The molecule has 2 aromatic rings. The van der Waals surface area contributed by atoms with E-state index in [1.54, 1.807) is 0 Å². The standard InChI is InChI=1S/C16H19NO/c1-10(2)15-11(3)14(12(4)17-15)16(18)13-8-6-5-7-9-13/h5-10,17H,1-4H3. The zero-order chi connectivity index (χ0) is 13.3. The Morgan fingerprint density at radius 1 is 1.11 bits per heavy atom. The number of carbonyl (C=O) groups is 1. The SMILES string of the molecule is Cc1[nH]c(C(C)C)c(C)c1C(=O)c1ccccc1. The van der Waals surface area contributed by atoms with Crippen LogP contribution >= 0.6 is 0 Å². The van der Waals surface area contributed by atoms with Crippen molar-refractivity contribution in [1.82, 2.24) is 4.98 Å². The fourth-order valence-electron chi connectivity index (χ4n) is 2.43. The van der Waals surface area contributed by atoms with Crippen LogP contribution in [0.2, 0.25) is 0 Å². The van der Waals surface area contributed by atoms with E-state index in [1.807, 2.05) is 44.2 Å². The van der Waals surface area contributed by atoms with Gasteiger partial charge in [0.2, 0.25) is 0 Å². The number of carbonyl (C=O) groups excluding carboxylic acids is 1. The van der Waals surface area contributed by atoms with Crippen LogP contribution in [-0.4, -0.2) is 10.8 Å². The van der Waals surface area contributed by atoms with Crippen LogP contribution in [-0.2, 0) is 0 Å². The van der Waals surface area contributed by atoms with Crippen molar-refractivity contribution in [3.63, 3.8) is 0 Å². The number of ketones is 1. The highest BCUT2D eigenvalue weighted by molar-refractivity contribution is 6.10. The fraction of sp³-hybridized carbons (Fsp3) is 0.312. The third-order valence-electron chi connectivity index (χ3n) is 3.32. The maximum absolute atomic E-state index is 12.5. The lowest BCUT2D eigenvalue weighted by molar-refractivity contribution is 0.103. The molecule has 2 rings (SSSR count). The Morgan fingerprint density at radius 2 is 1.72 bits per heavy atom. The lowest BCUT2D eigenvalue weighted by Gasteiger charge is -2.05. The van der Waals surface area contributed by atoms with Crippen molar-refractivity contribution in [2.75, 3.05) is 0 Å². The molecule has 0 radical (unpaired) electrons. The molecule has 1 aromatic heterocycles. The molecule has 2 heteroatoms. The Morgan fingerprint density at radius 3 is 2.22 bits per heavy atom. The van der Waals surface area contributed by atoms with Crippen molar-refractivity contribution < 1.29 is 4.79 Å². The first kappa shape index (κ1) is 12.6. The minimum atomic E-state index is 0.105. The summed E-state index contributed by atoms with van der Waals surface area (Å²) < 4.78 is 0. The van der Waals surface area contributed by atoms with E-state index in [0.717, 1.165) is 28.1 Å². The van der Waals surface area contributed by atoms with Crippen LogP contribution in [0.4, 0.5) is 0 Å². The predicted octanol–water partition coefficient (Wildman–Crippen LogP) is 3.99. The molecule has 0 saturated heterocycles. The molecule has 1 heterocycles. The molecule has 0 aliphatic rings. The molecule has 94 valence electrons. The average Bonchev–Trinajstić information content (AvgIpc) is 2.65. The second-order valence-corrected chi connectivity index (χ2v) is 5.01. The average molecular weight is 241 g/mol. The highest BCUT2D eigenvalue weighted by atomic mass is 16.1. The zero-order valence-electron chi connectivity index (χ0n) is 11.4. The van der Waals surface area contributed by atoms with E-state index < -0.39 is 0 Å². The molecule has 0 aliphatic heterocycles. The first-order valence-corrected chi connectivity index (χ1v) is 6.31. The summed E-state index contributed by atoms with van der Waals surface area (Å²) >= 11 is 0. The third kappa shape index (κ3) is 2.10. The molecule has 0 unspecified atom stereocenters. The van der Waals surface area contributed by atoms with Crippen molar-refractivity contribution in [3.8, 4) is 0 Å². The lowest BCUT2D eigenvalue weighted by atomic mass is 9.97. The first-order chi connectivity index (χ1) is 8.52. The number of H-pyrrole nitrogens is 1. The summed E-state index contributed by atoms with van der Waals surface area (Å²) in [5.41, 5.74) is 4.77. The Hall–Kier alpha value is -1.83. The van der Waals surface area contributed by atoms with E-state index in [-0.39, 0.29) is 5.78 Å². The smallest absolute Gasteiger partial charge is 0.195 e.